The van der Waals surface area contributed by atoms with Crippen LogP contribution in [0, 0.1) is 11.7 Å². The molecule has 0 bridgehead atoms. The molecule has 1 heterocycles. The summed E-state index contributed by atoms with van der Waals surface area (Å²) in [5.41, 5.74) is 1.33. The van der Waals surface area contributed by atoms with Crippen molar-refractivity contribution in [2.75, 3.05) is 6.61 Å². The van der Waals surface area contributed by atoms with E-state index >= 15 is 0 Å². The van der Waals surface area contributed by atoms with E-state index < -0.39 is 35.8 Å². The average Bonchev–Trinajstić information content (AvgIpc) is 2.83. The van der Waals surface area contributed by atoms with Gasteiger partial charge in [-0.1, -0.05) is 18.5 Å². The lowest BCUT2D eigenvalue weighted by Crippen LogP contribution is -2.52. The summed E-state index contributed by atoms with van der Waals surface area (Å²) in [6.45, 7) is 1.65. The molecule has 2 fully saturated rings. The second-order valence-electron chi connectivity index (χ2n) is 6.73. The fourth-order valence-electron chi connectivity index (χ4n) is 3.19. The Morgan fingerprint density at radius 2 is 2.12 bits per heavy atom. The molecule has 0 aromatic heterocycles. The number of amides is 4. The summed E-state index contributed by atoms with van der Waals surface area (Å²) < 4.78 is 18.3. The van der Waals surface area contributed by atoms with Crippen molar-refractivity contribution in [1.82, 2.24) is 15.8 Å². The lowest BCUT2D eigenvalue weighted by atomic mass is 9.77. The Hall–Kier alpha value is -2.35. The van der Waals surface area contributed by atoms with E-state index in [0.717, 1.165) is 18.9 Å². The van der Waals surface area contributed by atoms with Crippen molar-refractivity contribution >= 4 is 29.4 Å². The standard InChI is InChI=1S/C17H19ClFN3O4/c1-10-4-6-17(7-5-10)15(24)22(16(25)20-17)21-14(23)9-26-11-2-3-13(19)12(18)8-11/h2-3,8,10H,4-7,9H2,1H3,(H,20,25)(H,21,23). The van der Waals surface area contributed by atoms with E-state index in [1.165, 1.54) is 12.1 Å². The van der Waals surface area contributed by atoms with Crippen molar-refractivity contribution in [1.29, 1.82) is 0 Å². The van der Waals surface area contributed by atoms with Crippen molar-refractivity contribution < 1.29 is 23.5 Å². The fraction of sp³-hybridized carbons (Fsp3) is 0.471. The van der Waals surface area contributed by atoms with E-state index in [1.807, 2.05) is 0 Å². The molecule has 1 spiro atoms. The number of benzene rings is 1. The van der Waals surface area contributed by atoms with Crippen LogP contribution >= 0.6 is 11.6 Å². The minimum atomic E-state index is -0.928. The third-order valence-corrected chi connectivity index (χ3v) is 5.08. The van der Waals surface area contributed by atoms with Crippen LogP contribution in [-0.2, 0) is 9.59 Å². The van der Waals surface area contributed by atoms with Gasteiger partial charge in [0.25, 0.3) is 11.8 Å². The number of urea groups is 1. The molecule has 9 heteroatoms. The molecule has 1 aromatic carbocycles. The Kier molecular flexibility index (Phi) is 5.04. The zero-order valence-electron chi connectivity index (χ0n) is 14.2. The minimum Gasteiger partial charge on any atom is -0.484 e. The van der Waals surface area contributed by atoms with E-state index in [2.05, 4.69) is 17.7 Å². The molecule has 2 aliphatic rings. The highest BCUT2D eigenvalue weighted by Gasteiger charge is 2.52. The number of hydrogen-bond donors (Lipinski definition) is 2. The maximum Gasteiger partial charge on any atom is 0.344 e. The van der Waals surface area contributed by atoms with Crippen molar-refractivity contribution in [2.45, 2.75) is 38.1 Å². The van der Waals surface area contributed by atoms with Gasteiger partial charge in [-0.05, 0) is 43.7 Å². The van der Waals surface area contributed by atoms with Gasteiger partial charge in [0.05, 0.1) is 5.02 Å². The normalized spacial score (nSPS) is 25.3. The van der Waals surface area contributed by atoms with Crippen LogP contribution in [0.25, 0.3) is 0 Å². The Morgan fingerprint density at radius 1 is 1.42 bits per heavy atom. The summed E-state index contributed by atoms with van der Waals surface area (Å²) in [5.74, 6) is -1.04. The van der Waals surface area contributed by atoms with Gasteiger partial charge in [-0.2, -0.15) is 5.01 Å². The first-order valence-electron chi connectivity index (χ1n) is 8.35. The van der Waals surface area contributed by atoms with Gasteiger partial charge in [0.2, 0.25) is 0 Å². The maximum atomic E-state index is 13.1. The molecule has 140 valence electrons. The average molecular weight is 384 g/mol. The second kappa shape index (κ2) is 7.11. The van der Waals surface area contributed by atoms with Gasteiger partial charge in [0.1, 0.15) is 17.1 Å². The molecule has 1 aliphatic carbocycles. The molecule has 2 N–H and O–H groups in total. The number of imide groups is 1. The topological polar surface area (TPSA) is 87.7 Å². The third kappa shape index (κ3) is 3.60. The van der Waals surface area contributed by atoms with Crippen molar-refractivity contribution in [3.63, 3.8) is 0 Å². The van der Waals surface area contributed by atoms with E-state index in [1.54, 1.807) is 0 Å². The molecule has 1 aliphatic heterocycles. The molecule has 1 aromatic rings. The summed E-state index contributed by atoms with van der Waals surface area (Å²) in [7, 11) is 0. The van der Waals surface area contributed by atoms with Crippen LogP contribution in [0.4, 0.5) is 9.18 Å². The van der Waals surface area contributed by atoms with Gasteiger partial charge in [0.15, 0.2) is 6.61 Å². The molecule has 0 atom stereocenters. The zero-order chi connectivity index (χ0) is 18.9. The highest BCUT2D eigenvalue weighted by atomic mass is 35.5. The van der Waals surface area contributed by atoms with Gasteiger partial charge in [-0.3, -0.25) is 15.0 Å². The molecule has 26 heavy (non-hydrogen) atoms. The second-order valence-corrected chi connectivity index (χ2v) is 7.14. The van der Waals surface area contributed by atoms with Gasteiger partial charge in [-0.25, -0.2) is 9.18 Å². The van der Waals surface area contributed by atoms with Crippen LogP contribution in [0.1, 0.15) is 32.6 Å². The molecule has 0 radical (unpaired) electrons. The van der Waals surface area contributed by atoms with Gasteiger partial charge < -0.3 is 10.1 Å². The summed E-state index contributed by atoms with van der Waals surface area (Å²) in [4.78, 5) is 36.8. The van der Waals surface area contributed by atoms with Crippen LogP contribution < -0.4 is 15.5 Å². The highest BCUT2D eigenvalue weighted by Crippen LogP contribution is 2.35. The number of nitrogens with one attached hydrogen (secondary N) is 2. The highest BCUT2D eigenvalue weighted by molar-refractivity contribution is 6.30. The monoisotopic (exact) mass is 383 g/mol. The fourth-order valence-corrected chi connectivity index (χ4v) is 3.36. The van der Waals surface area contributed by atoms with E-state index in [4.69, 9.17) is 16.3 Å². The molecule has 1 saturated heterocycles. The first-order valence-corrected chi connectivity index (χ1v) is 8.72. The van der Waals surface area contributed by atoms with Crippen LogP contribution in [0.3, 0.4) is 0 Å². The Morgan fingerprint density at radius 3 is 2.77 bits per heavy atom. The van der Waals surface area contributed by atoms with Crippen molar-refractivity contribution in [2.24, 2.45) is 5.92 Å². The molecular weight excluding hydrogens is 365 g/mol. The van der Waals surface area contributed by atoms with Crippen LogP contribution in [-0.4, -0.2) is 35.0 Å². The lowest BCUT2D eigenvalue weighted by molar-refractivity contribution is -0.140. The van der Waals surface area contributed by atoms with Crippen molar-refractivity contribution in [3.8, 4) is 5.75 Å². The largest absolute Gasteiger partial charge is 0.484 e. The molecule has 7 nitrogen and oxygen atoms in total. The summed E-state index contributed by atoms with van der Waals surface area (Å²) in [5, 5.41) is 3.28. The number of carbonyl (C=O) groups excluding carboxylic acids is 3. The maximum absolute atomic E-state index is 13.1. The SMILES string of the molecule is CC1CCC2(CC1)NC(=O)N(NC(=O)COc1ccc(F)c(Cl)c1)C2=O. The quantitative estimate of drug-likeness (QED) is 0.781. The van der Waals surface area contributed by atoms with Crippen LogP contribution in [0.2, 0.25) is 5.02 Å². The summed E-state index contributed by atoms with van der Waals surface area (Å²) in [6, 6.07) is 3.01. The number of hydrazine groups is 1. The first-order chi connectivity index (χ1) is 12.3. The molecule has 1 saturated carbocycles. The third-order valence-electron chi connectivity index (χ3n) is 4.79. The van der Waals surface area contributed by atoms with Crippen LogP contribution in [0.5, 0.6) is 5.75 Å². The smallest absolute Gasteiger partial charge is 0.344 e. The molecule has 4 amide bonds. The zero-order valence-corrected chi connectivity index (χ0v) is 14.9. The Labute approximate surface area is 154 Å². The molecule has 3 rings (SSSR count). The van der Waals surface area contributed by atoms with E-state index in [9.17, 15) is 18.8 Å². The Balaban J connectivity index is 1.58. The van der Waals surface area contributed by atoms with Crippen LogP contribution in [0.15, 0.2) is 18.2 Å². The number of hydrogen-bond acceptors (Lipinski definition) is 4. The van der Waals surface area contributed by atoms with Gasteiger partial charge in [-0.15, -0.1) is 0 Å². The first kappa shape index (κ1) is 18.4. The number of halogens is 2. The van der Waals surface area contributed by atoms with E-state index in [-0.39, 0.29) is 10.8 Å². The van der Waals surface area contributed by atoms with Gasteiger partial charge >= 0.3 is 6.03 Å². The lowest BCUT2D eigenvalue weighted by Gasteiger charge is -2.33. The predicted molar refractivity (Wildman–Crippen MR) is 90.8 cm³/mol. The predicted octanol–water partition coefficient (Wildman–Crippen LogP) is 2.39. The number of rotatable bonds is 4. The molecule has 0 unspecified atom stereocenters. The summed E-state index contributed by atoms with van der Waals surface area (Å²) >= 11 is 5.64. The van der Waals surface area contributed by atoms with E-state index in [0.29, 0.717) is 23.8 Å². The Bertz CT molecular complexity index is 750. The minimum absolute atomic E-state index is 0.134. The van der Waals surface area contributed by atoms with Crippen molar-refractivity contribution in [3.05, 3.63) is 29.0 Å². The summed E-state index contributed by atoms with van der Waals surface area (Å²) in [6.07, 6.45) is 2.77. The number of carbonyl (C=O) groups is 3. The number of nitrogens with zero attached hydrogens (tertiary/aromatic N) is 1. The van der Waals surface area contributed by atoms with Gasteiger partial charge in [0, 0.05) is 6.07 Å². The molecular formula is C17H19ClFN3O4. The number of ether oxygens (including phenoxy) is 1.